The molecule has 1 aromatic carbocycles. The van der Waals surface area contributed by atoms with Crippen molar-refractivity contribution in [3.63, 3.8) is 0 Å². The largest absolute Gasteiger partial charge is 0.508 e. The van der Waals surface area contributed by atoms with Crippen LogP contribution in [0.4, 0.5) is 0 Å². The summed E-state index contributed by atoms with van der Waals surface area (Å²) in [5.41, 5.74) is 1.62. The average Bonchev–Trinajstić information content (AvgIpc) is 2.68. The molecule has 1 saturated carbocycles. The molecule has 18 heavy (non-hydrogen) atoms. The lowest BCUT2D eigenvalue weighted by molar-refractivity contribution is 0.0519. The number of rotatable bonds is 1. The molecule has 1 aromatic rings. The summed E-state index contributed by atoms with van der Waals surface area (Å²) >= 11 is 0. The van der Waals surface area contributed by atoms with E-state index >= 15 is 0 Å². The Hall–Kier alpha value is -1.55. The molecule has 2 N–H and O–H groups in total. The standard InChI is InChI=1S/C14H17NO3/c16-11-5-2-10(3-6-11)15-8-9-1-4-12(17)7-13(9)14(15)18/h1,4,7,10-11,16-17H,2-3,5-6,8H2. The molecule has 1 aliphatic heterocycles. The van der Waals surface area contributed by atoms with Gasteiger partial charge in [0.05, 0.1) is 6.10 Å². The first-order valence-electron chi connectivity index (χ1n) is 6.46. The molecular formula is C14H17NO3. The number of amides is 1. The predicted molar refractivity (Wildman–Crippen MR) is 66.2 cm³/mol. The Labute approximate surface area is 106 Å². The van der Waals surface area contributed by atoms with Gasteiger partial charge in [0, 0.05) is 18.2 Å². The molecule has 1 amide bonds. The zero-order valence-electron chi connectivity index (χ0n) is 10.2. The van der Waals surface area contributed by atoms with E-state index in [1.54, 1.807) is 12.1 Å². The van der Waals surface area contributed by atoms with Gasteiger partial charge in [-0.25, -0.2) is 0 Å². The minimum Gasteiger partial charge on any atom is -0.508 e. The quantitative estimate of drug-likeness (QED) is 0.793. The monoisotopic (exact) mass is 247 g/mol. The number of fused-ring (bicyclic) bond motifs is 1. The number of aromatic hydroxyl groups is 1. The normalized spacial score (nSPS) is 27.4. The third-order valence-corrected chi connectivity index (χ3v) is 4.03. The summed E-state index contributed by atoms with van der Waals surface area (Å²) in [5, 5.41) is 19.0. The lowest BCUT2D eigenvalue weighted by Crippen LogP contribution is -2.39. The number of carbonyl (C=O) groups excluding carboxylic acids is 1. The van der Waals surface area contributed by atoms with Gasteiger partial charge in [-0.05, 0) is 43.4 Å². The van der Waals surface area contributed by atoms with Crippen LogP contribution in [0, 0.1) is 0 Å². The van der Waals surface area contributed by atoms with E-state index in [2.05, 4.69) is 0 Å². The van der Waals surface area contributed by atoms with E-state index in [4.69, 9.17) is 0 Å². The molecule has 1 aliphatic carbocycles. The van der Waals surface area contributed by atoms with E-state index in [-0.39, 0.29) is 23.8 Å². The molecule has 0 atom stereocenters. The average molecular weight is 247 g/mol. The van der Waals surface area contributed by atoms with Gasteiger partial charge in [0.1, 0.15) is 5.75 Å². The molecule has 4 nitrogen and oxygen atoms in total. The van der Waals surface area contributed by atoms with Gasteiger partial charge >= 0.3 is 0 Å². The molecule has 0 radical (unpaired) electrons. The molecule has 1 heterocycles. The molecule has 3 rings (SSSR count). The van der Waals surface area contributed by atoms with Crippen molar-refractivity contribution in [1.82, 2.24) is 4.90 Å². The van der Waals surface area contributed by atoms with E-state index in [1.165, 1.54) is 0 Å². The zero-order valence-corrected chi connectivity index (χ0v) is 10.2. The summed E-state index contributed by atoms with van der Waals surface area (Å²) in [4.78, 5) is 14.2. The predicted octanol–water partition coefficient (Wildman–Crippen LogP) is 1.65. The van der Waals surface area contributed by atoms with Gasteiger partial charge in [-0.1, -0.05) is 6.07 Å². The van der Waals surface area contributed by atoms with E-state index in [1.807, 2.05) is 11.0 Å². The topological polar surface area (TPSA) is 60.8 Å². The second kappa shape index (κ2) is 4.28. The van der Waals surface area contributed by atoms with E-state index in [0.29, 0.717) is 12.1 Å². The fourth-order valence-electron chi connectivity index (χ4n) is 2.98. The van der Waals surface area contributed by atoms with Crippen molar-refractivity contribution in [3.8, 4) is 5.75 Å². The second-order valence-electron chi connectivity index (χ2n) is 5.24. The summed E-state index contributed by atoms with van der Waals surface area (Å²) in [5.74, 6) is 0.158. The number of nitrogens with zero attached hydrogens (tertiary/aromatic N) is 1. The Bertz CT molecular complexity index is 478. The number of phenols is 1. The van der Waals surface area contributed by atoms with Crippen molar-refractivity contribution < 1.29 is 15.0 Å². The van der Waals surface area contributed by atoms with E-state index in [0.717, 1.165) is 31.2 Å². The maximum Gasteiger partial charge on any atom is 0.254 e. The van der Waals surface area contributed by atoms with Gasteiger partial charge in [0.2, 0.25) is 0 Å². The van der Waals surface area contributed by atoms with Crippen LogP contribution in [0.1, 0.15) is 41.6 Å². The highest BCUT2D eigenvalue weighted by molar-refractivity contribution is 5.98. The minimum atomic E-state index is -0.203. The summed E-state index contributed by atoms with van der Waals surface area (Å²) in [7, 11) is 0. The molecule has 4 heteroatoms. The van der Waals surface area contributed by atoms with Crippen LogP contribution >= 0.6 is 0 Å². The molecule has 0 unspecified atom stereocenters. The van der Waals surface area contributed by atoms with Crippen LogP contribution < -0.4 is 0 Å². The number of aliphatic hydroxyl groups excluding tert-OH is 1. The van der Waals surface area contributed by atoms with Crippen molar-refractivity contribution in [1.29, 1.82) is 0 Å². The van der Waals surface area contributed by atoms with Crippen LogP contribution in [0.3, 0.4) is 0 Å². The van der Waals surface area contributed by atoms with Gasteiger partial charge in [-0.15, -0.1) is 0 Å². The second-order valence-corrected chi connectivity index (χ2v) is 5.24. The Kier molecular flexibility index (Phi) is 2.74. The van der Waals surface area contributed by atoms with Crippen LogP contribution in [0.2, 0.25) is 0 Å². The molecule has 2 aliphatic rings. The number of phenolic OH excluding ortho intramolecular Hbond substituents is 1. The molecule has 0 saturated heterocycles. The summed E-state index contributed by atoms with van der Waals surface area (Å²) in [6.45, 7) is 0.634. The molecule has 96 valence electrons. The smallest absolute Gasteiger partial charge is 0.254 e. The van der Waals surface area contributed by atoms with Crippen molar-refractivity contribution in [2.24, 2.45) is 0 Å². The van der Waals surface area contributed by atoms with Crippen LogP contribution in [0.15, 0.2) is 18.2 Å². The maximum atomic E-state index is 12.3. The lowest BCUT2D eigenvalue weighted by atomic mass is 9.92. The Morgan fingerprint density at radius 1 is 1.17 bits per heavy atom. The fraction of sp³-hybridized carbons (Fsp3) is 0.500. The minimum absolute atomic E-state index is 0.0160. The van der Waals surface area contributed by atoms with Crippen LogP contribution in [0.25, 0.3) is 0 Å². The van der Waals surface area contributed by atoms with Crippen LogP contribution in [-0.4, -0.2) is 33.2 Å². The van der Waals surface area contributed by atoms with Crippen molar-refractivity contribution >= 4 is 5.91 Å². The van der Waals surface area contributed by atoms with E-state index in [9.17, 15) is 15.0 Å². The Morgan fingerprint density at radius 2 is 1.89 bits per heavy atom. The van der Waals surface area contributed by atoms with Crippen molar-refractivity contribution in [2.45, 2.75) is 44.4 Å². The molecule has 0 bridgehead atoms. The van der Waals surface area contributed by atoms with E-state index < -0.39 is 0 Å². The van der Waals surface area contributed by atoms with Crippen LogP contribution in [0.5, 0.6) is 5.75 Å². The third kappa shape index (κ3) is 1.86. The Morgan fingerprint density at radius 3 is 2.61 bits per heavy atom. The highest BCUT2D eigenvalue weighted by Crippen LogP contribution is 2.32. The van der Waals surface area contributed by atoms with Crippen molar-refractivity contribution in [2.75, 3.05) is 0 Å². The number of benzene rings is 1. The first kappa shape index (κ1) is 11.5. The molecule has 0 spiro atoms. The number of carbonyl (C=O) groups is 1. The number of aliphatic hydroxyl groups is 1. The Balaban J connectivity index is 1.80. The highest BCUT2D eigenvalue weighted by Gasteiger charge is 2.34. The summed E-state index contributed by atoms with van der Waals surface area (Å²) < 4.78 is 0. The van der Waals surface area contributed by atoms with Crippen LogP contribution in [-0.2, 0) is 6.54 Å². The molecule has 1 fully saturated rings. The SMILES string of the molecule is O=C1c2cc(O)ccc2CN1C1CCC(O)CC1. The summed E-state index contributed by atoms with van der Waals surface area (Å²) in [6, 6.07) is 5.23. The number of hydrogen-bond acceptors (Lipinski definition) is 3. The molecule has 0 aromatic heterocycles. The first-order chi connectivity index (χ1) is 8.65. The molecular weight excluding hydrogens is 230 g/mol. The van der Waals surface area contributed by atoms with Gasteiger partial charge in [-0.3, -0.25) is 4.79 Å². The van der Waals surface area contributed by atoms with Gasteiger partial charge in [0.25, 0.3) is 5.91 Å². The zero-order chi connectivity index (χ0) is 12.7. The van der Waals surface area contributed by atoms with Crippen molar-refractivity contribution in [3.05, 3.63) is 29.3 Å². The fourth-order valence-corrected chi connectivity index (χ4v) is 2.98. The first-order valence-corrected chi connectivity index (χ1v) is 6.46. The van der Waals surface area contributed by atoms with Gasteiger partial charge in [-0.2, -0.15) is 0 Å². The van der Waals surface area contributed by atoms with Gasteiger partial charge < -0.3 is 15.1 Å². The number of hydrogen-bond donors (Lipinski definition) is 2. The van der Waals surface area contributed by atoms with Gasteiger partial charge in [0.15, 0.2) is 0 Å². The maximum absolute atomic E-state index is 12.3. The lowest BCUT2D eigenvalue weighted by Gasteiger charge is -2.32. The highest BCUT2D eigenvalue weighted by atomic mass is 16.3. The third-order valence-electron chi connectivity index (χ3n) is 4.03. The summed E-state index contributed by atoms with van der Waals surface area (Å²) in [6.07, 6.45) is 3.08.